The van der Waals surface area contributed by atoms with E-state index in [1.165, 1.54) is 0 Å². The Kier molecular flexibility index (Phi) is 4.43. The van der Waals surface area contributed by atoms with E-state index in [2.05, 4.69) is 77.7 Å². The van der Waals surface area contributed by atoms with Gasteiger partial charge in [-0.1, -0.05) is 37.3 Å². The van der Waals surface area contributed by atoms with E-state index in [0.29, 0.717) is 18.7 Å². The molecule has 3 aliphatic rings. The molecule has 2 aromatic carbocycles. The van der Waals surface area contributed by atoms with Crippen LogP contribution < -0.4 is 20.0 Å². The van der Waals surface area contributed by atoms with Crippen molar-refractivity contribution in [2.24, 2.45) is 11.0 Å². The minimum Gasteiger partial charge on any atom is -0.483 e. The maximum Gasteiger partial charge on any atom is 0.262 e. The van der Waals surface area contributed by atoms with Crippen LogP contribution in [0.3, 0.4) is 0 Å². The minimum absolute atomic E-state index is 0.110. The summed E-state index contributed by atoms with van der Waals surface area (Å²) in [6, 6.07) is 14.3. The van der Waals surface area contributed by atoms with Gasteiger partial charge in [-0.2, -0.15) is 5.10 Å². The molecule has 1 saturated heterocycles. The number of fused-ring (bicyclic) bond motifs is 3. The molecule has 2 aromatic rings. The summed E-state index contributed by atoms with van der Waals surface area (Å²) in [5.74, 6) is 1.97. The second-order valence-corrected chi connectivity index (χ2v) is 8.48. The number of hydrogen-bond acceptors (Lipinski definition) is 6. The molecule has 3 aliphatic heterocycles. The van der Waals surface area contributed by atoms with Gasteiger partial charge in [0.25, 0.3) is 5.91 Å². The van der Waals surface area contributed by atoms with Crippen molar-refractivity contribution in [2.75, 3.05) is 37.0 Å². The molecular formula is C23H27N5O2. The second kappa shape index (κ2) is 7.02. The Morgan fingerprint density at radius 3 is 2.67 bits per heavy atom. The molecule has 5 rings (SSSR count). The fraction of sp³-hybridized carbons (Fsp3) is 0.391. The topological polar surface area (TPSA) is 60.4 Å². The van der Waals surface area contributed by atoms with E-state index in [1.807, 2.05) is 17.9 Å². The van der Waals surface area contributed by atoms with Crippen LogP contribution in [0.4, 0.5) is 11.4 Å². The SMILES string of the molecule is CC1CN(C)C1N(C)c1cc2c(cc1-c1ccccc1)OCC1=NNC(=O)[C@H](C)N12. The van der Waals surface area contributed by atoms with Crippen LogP contribution in [0, 0.1) is 5.92 Å². The molecule has 2 unspecified atom stereocenters. The number of hydrogen-bond donors (Lipinski definition) is 1. The molecular weight excluding hydrogens is 378 g/mol. The number of carbonyl (C=O) groups is 1. The maximum atomic E-state index is 12.3. The number of likely N-dealkylation sites (tertiary alicyclic amines) is 1. The Bertz CT molecular complexity index is 1010. The number of nitrogens with zero attached hydrogens (tertiary/aromatic N) is 4. The second-order valence-electron chi connectivity index (χ2n) is 8.48. The lowest BCUT2D eigenvalue weighted by molar-refractivity contribution is -0.122. The first-order valence-corrected chi connectivity index (χ1v) is 10.4. The first kappa shape index (κ1) is 18.9. The van der Waals surface area contributed by atoms with Crippen LogP contribution in [0.15, 0.2) is 47.6 Å². The van der Waals surface area contributed by atoms with Crippen LogP contribution in [0.5, 0.6) is 5.75 Å². The molecule has 3 atom stereocenters. The van der Waals surface area contributed by atoms with Crippen LogP contribution in [-0.4, -0.2) is 56.1 Å². The number of amidine groups is 1. The molecule has 30 heavy (non-hydrogen) atoms. The van der Waals surface area contributed by atoms with E-state index in [9.17, 15) is 4.79 Å². The zero-order chi connectivity index (χ0) is 21.0. The summed E-state index contributed by atoms with van der Waals surface area (Å²) in [5.41, 5.74) is 6.87. The van der Waals surface area contributed by atoms with E-state index in [0.717, 1.165) is 40.6 Å². The molecule has 1 N–H and O–H groups in total. The van der Waals surface area contributed by atoms with Gasteiger partial charge in [0.1, 0.15) is 18.4 Å². The lowest BCUT2D eigenvalue weighted by Gasteiger charge is -2.50. The van der Waals surface area contributed by atoms with Gasteiger partial charge in [-0.25, -0.2) is 5.43 Å². The molecule has 0 aromatic heterocycles. The Morgan fingerprint density at radius 1 is 1.20 bits per heavy atom. The monoisotopic (exact) mass is 405 g/mol. The highest BCUT2D eigenvalue weighted by molar-refractivity contribution is 6.10. The van der Waals surface area contributed by atoms with Crippen LogP contribution in [-0.2, 0) is 4.79 Å². The van der Waals surface area contributed by atoms with E-state index < -0.39 is 0 Å². The number of carbonyl (C=O) groups excluding carboxylic acids is 1. The summed E-state index contributed by atoms with van der Waals surface area (Å²) >= 11 is 0. The van der Waals surface area contributed by atoms with Crippen molar-refractivity contribution < 1.29 is 9.53 Å². The van der Waals surface area contributed by atoms with E-state index in [1.54, 1.807) is 0 Å². The van der Waals surface area contributed by atoms with Crippen LogP contribution >= 0.6 is 0 Å². The summed E-state index contributed by atoms with van der Waals surface area (Å²) < 4.78 is 6.06. The number of anilines is 2. The molecule has 0 saturated carbocycles. The molecule has 0 spiro atoms. The van der Waals surface area contributed by atoms with Gasteiger partial charge in [0, 0.05) is 30.8 Å². The van der Waals surface area contributed by atoms with Gasteiger partial charge < -0.3 is 14.5 Å². The van der Waals surface area contributed by atoms with Gasteiger partial charge in [0.05, 0.1) is 11.9 Å². The smallest absolute Gasteiger partial charge is 0.262 e. The van der Waals surface area contributed by atoms with Gasteiger partial charge in [0.15, 0.2) is 5.84 Å². The average molecular weight is 406 g/mol. The Labute approximate surface area is 176 Å². The van der Waals surface area contributed by atoms with Crippen molar-refractivity contribution in [3.63, 3.8) is 0 Å². The zero-order valence-corrected chi connectivity index (χ0v) is 17.8. The van der Waals surface area contributed by atoms with Crippen LogP contribution in [0.25, 0.3) is 11.1 Å². The number of hydrazone groups is 1. The summed E-state index contributed by atoms with van der Waals surface area (Å²) in [6.07, 6.45) is 0.324. The molecule has 7 nitrogen and oxygen atoms in total. The van der Waals surface area contributed by atoms with E-state index in [4.69, 9.17) is 4.74 Å². The highest BCUT2D eigenvalue weighted by atomic mass is 16.5. The van der Waals surface area contributed by atoms with Crippen molar-refractivity contribution >= 4 is 23.1 Å². The standard InChI is InChI=1S/C23H27N5O2/c1-14-12-26(3)23(14)27(4)18-11-19-20(10-17(18)16-8-6-5-7-9-16)30-13-21-24-25-22(29)15(2)28(19)21/h5-11,14-15,23H,12-13H2,1-4H3,(H,25,29)/t14?,15-,23?/m0/s1. The first-order valence-electron chi connectivity index (χ1n) is 10.4. The van der Waals surface area contributed by atoms with E-state index in [-0.39, 0.29) is 11.9 Å². The summed E-state index contributed by atoms with van der Waals surface area (Å²) in [7, 11) is 4.31. The maximum absolute atomic E-state index is 12.3. The van der Waals surface area contributed by atoms with Crippen molar-refractivity contribution in [3.8, 4) is 16.9 Å². The van der Waals surface area contributed by atoms with Crippen LogP contribution in [0.2, 0.25) is 0 Å². The quantitative estimate of drug-likeness (QED) is 0.851. The molecule has 3 heterocycles. The largest absolute Gasteiger partial charge is 0.483 e. The van der Waals surface area contributed by atoms with Crippen molar-refractivity contribution in [2.45, 2.75) is 26.1 Å². The fourth-order valence-electron chi connectivity index (χ4n) is 4.97. The predicted octanol–water partition coefficient (Wildman–Crippen LogP) is 2.73. The van der Waals surface area contributed by atoms with Gasteiger partial charge in [-0.05, 0) is 31.7 Å². The molecule has 7 heteroatoms. The molecule has 0 radical (unpaired) electrons. The molecule has 156 valence electrons. The lowest BCUT2D eigenvalue weighted by Crippen LogP contribution is -2.61. The Hall–Kier alpha value is -3.06. The Balaban J connectivity index is 1.67. The molecule has 1 amide bonds. The van der Waals surface area contributed by atoms with Gasteiger partial charge in [-0.3, -0.25) is 9.69 Å². The summed E-state index contributed by atoms with van der Waals surface area (Å²) in [6.45, 7) is 5.61. The molecule has 0 bridgehead atoms. The van der Waals surface area contributed by atoms with Gasteiger partial charge in [-0.15, -0.1) is 0 Å². The normalized spacial score (nSPS) is 25.3. The van der Waals surface area contributed by atoms with Crippen molar-refractivity contribution in [1.82, 2.24) is 10.3 Å². The van der Waals surface area contributed by atoms with Gasteiger partial charge in [0.2, 0.25) is 0 Å². The average Bonchev–Trinajstić information content (AvgIpc) is 2.75. The summed E-state index contributed by atoms with van der Waals surface area (Å²) in [4.78, 5) is 19.0. The summed E-state index contributed by atoms with van der Waals surface area (Å²) in [5, 5.41) is 4.22. The van der Waals surface area contributed by atoms with Crippen LogP contribution in [0.1, 0.15) is 13.8 Å². The number of benzene rings is 2. The number of rotatable bonds is 3. The third-order valence-electron chi connectivity index (χ3n) is 6.43. The van der Waals surface area contributed by atoms with Crippen molar-refractivity contribution in [1.29, 1.82) is 0 Å². The number of amides is 1. The predicted molar refractivity (Wildman–Crippen MR) is 119 cm³/mol. The zero-order valence-electron chi connectivity index (χ0n) is 17.8. The van der Waals surface area contributed by atoms with Gasteiger partial charge >= 0.3 is 0 Å². The molecule has 0 aliphatic carbocycles. The third kappa shape index (κ3) is 2.84. The lowest BCUT2D eigenvalue weighted by atomic mass is 9.94. The minimum atomic E-state index is -0.341. The van der Waals surface area contributed by atoms with Crippen molar-refractivity contribution in [3.05, 3.63) is 42.5 Å². The highest BCUT2D eigenvalue weighted by Gasteiger charge is 2.39. The fourth-order valence-corrected chi connectivity index (χ4v) is 4.97. The number of nitrogens with one attached hydrogen (secondary N) is 1. The van der Waals surface area contributed by atoms with E-state index >= 15 is 0 Å². The number of ether oxygens (including phenoxy) is 1. The Morgan fingerprint density at radius 2 is 1.97 bits per heavy atom. The molecule has 1 fully saturated rings. The third-order valence-corrected chi connectivity index (χ3v) is 6.43. The highest BCUT2D eigenvalue weighted by Crippen LogP contribution is 2.45. The first-order chi connectivity index (χ1) is 14.5.